The SMILES string of the molecule is COC(=O)[C@@H](CCSC)NC(=O)c1cc2c(n(-c3ccccc3)c1=O)CC(C)(C)CC2=O. The quantitative estimate of drug-likeness (QED) is 0.644. The Morgan fingerprint density at radius 2 is 1.88 bits per heavy atom. The molecule has 0 spiro atoms. The van der Waals surface area contributed by atoms with Crippen LogP contribution in [0.5, 0.6) is 0 Å². The molecule has 0 aliphatic heterocycles. The average Bonchev–Trinajstić information content (AvgIpc) is 2.75. The van der Waals surface area contributed by atoms with Crippen molar-refractivity contribution in [3.63, 3.8) is 0 Å². The van der Waals surface area contributed by atoms with Gasteiger partial charge in [0, 0.05) is 23.4 Å². The lowest BCUT2D eigenvalue weighted by molar-refractivity contribution is -0.142. The molecule has 0 radical (unpaired) electrons. The highest BCUT2D eigenvalue weighted by molar-refractivity contribution is 7.98. The maximum atomic E-state index is 13.5. The number of rotatable bonds is 7. The number of Topliss-reactive ketones (excluding diaryl/α,β-unsaturated/α-hetero) is 1. The number of methoxy groups -OCH3 is 1. The summed E-state index contributed by atoms with van der Waals surface area (Å²) in [4.78, 5) is 51.7. The van der Waals surface area contributed by atoms with Gasteiger partial charge in [-0.05, 0) is 48.5 Å². The van der Waals surface area contributed by atoms with Crippen molar-refractivity contribution in [3.8, 4) is 5.69 Å². The summed E-state index contributed by atoms with van der Waals surface area (Å²) in [6.45, 7) is 3.97. The third-order valence-electron chi connectivity index (χ3n) is 5.55. The number of ketones is 1. The van der Waals surface area contributed by atoms with Crippen LogP contribution < -0.4 is 10.9 Å². The van der Waals surface area contributed by atoms with E-state index >= 15 is 0 Å². The number of nitrogens with zero attached hydrogens (tertiary/aromatic N) is 1. The van der Waals surface area contributed by atoms with Gasteiger partial charge in [-0.2, -0.15) is 11.8 Å². The Morgan fingerprint density at radius 1 is 1.19 bits per heavy atom. The van der Waals surface area contributed by atoms with Crippen molar-refractivity contribution in [1.29, 1.82) is 0 Å². The number of esters is 1. The summed E-state index contributed by atoms with van der Waals surface area (Å²) in [5, 5.41) is 2.62. The lowest BCUT2D eigenvalue weighted by Gasteiger charge is -2.32. The van der Waals surface area contributed by atoms with Crippen molar-refractivity contribution in [1.82, 2.24) is 9.88 Å². The molecule has 7 nitrogen and oxygen atoms in total. The number of thioether (sulfide) groups is 1. The van der Waals surface area contributed by atoms with Crippen LogP contribution in [0.1, 0.15) is 53.1 Å². The Hall–Kier alpha value is -2.87. The monoisotopic (exact) mass is 456 g/mol. The number of para-hydroxylation sites is 1. The second-order valence-corrected chi connectivity index (χ2v) is 9.65. The van der Waals surface area contributed by atoms with Gasteiger partial charge in [0.1, 0.15) is 11.6 Å². The summed E-state index contributed by atoms with van der Waals surface area (Å²) in [6.07, 6.45) is 3.11. The molecule has 0 unspecified atom stereocenters. The van der Waals surface area contributed by atoms with E-state index in [0.29, 0.717) is 42.0 Å². The van der Waals surface area contributed by atoms with Crippen molar-refractivity contribution in [2.24, 2.45) is 5.41 Å². The number of carbonyl (C=O) groups excluding carboxylic acids is 3. The Kier molecular flexibility index (Phi) is 7.23. The fourth-order valence-electron chi connectivity index (χ4n) is 3.99. The molecule has 2 aromatic rings. The van der Waals surface area contributed by atoms with E-state index in [1.165, 1.54) is 29.5 Å². The molecule has 1 aliphatic carbocycles. The summed E-state index contributed by atoms with van der Waals surface area (Å²) < 4.78 is 6.26. The van der Waals surface area contributed by atoms with Gasteiger partial charge < -0.3 is 10.1 Å². The van der Waals surface area contributed by atoms with Gasteiger partial charge in [0.25, 0.3) is 11.5 Å². The van der Waals surface area contributed by atoms with E-state index in [2.05, 4.69) is 5.32 Å². The molecule has 0 bridgehead atoms. The third-order valence-corrected chi connectivity index (χ3v) is 6.19. The predicted molar refractivity (Wildman–Crippen MR) is 125 cm³/mol. The number of benzene rings is 1. The van der Waals surface area contributed by atoms with Gasteiger partial charge in [0.2, 0.25) is 0 Å². The van der Waals surface area contributed by atoms with E-state index < -0.39 is 23.5 Å². The lowest BCUT2D eigenvalue weighted by Crippen LogP contribution is -2.45. The van der Waals surface area contributed by atoms with Crippen LogP contribution in [0.4, 0.5) is 0 Å². The number of fused-ring (bicyclic) bond motifs is 1. The maximum absolute atomic E-state index is 13.5. The van der Waals surface area contributed by atoms with Crippen molar-refractivity contribution in [2.75, 3.05) is 19.1 Å². The molecule has 32 heavy (non-hydrogen) atoms. The van der Waals surface area contributed by atoms with Crippen LogP contribution in [0, 0.1) is 5.41 Å². The van der Waals surface area contributed by atoms with Crippen molar-refractivity contribution in [3.05, 3.63) is 63.6 Å². The van der Waals surface area contributed by atoms with Crippen molar-refractivity contribution >= 4 is 29.4 Å². The molecule has 1 atom stereocenters. The van der Waals surface area contributed by atoms with Gasteiger partial charge in [-0.25, -0.2) is 4.79 Å². The van der Waals surface area contributed by atoms with Gasteiger partial charge >= 0.3 is 5.97 Å². The zero-order valence-electron chi connectivity index (χ0n) is 18.8. The predicted octanol–water partition coefficient (Wildman–Crippen LogP) is 3.02. The zero-order chi connectivity index (χ0) is 23.5. The first-order chi connectivity index (χ1) is 15.2. The van der Waals surface area contributed by atoms with Crippen LogP contribution >= 0.6 is 11.8 Å². The number of amides is 1. The number of hydrogen-bond acceptors (Lipinski definition) is 6. The molecule has 1 N–H and O–H groups in total. The first kappa shape index (κ1) is 23.8. The molecular formula is C24H28N2O5S. The summed E-state index contributed by atoms with van der Waals surface area (Å²) >= 11 is 1.53. The van der Waals surface area contributed by atoms with Gasteiger partial charge in [-0.15, -0.1) is 0 Å². The van der Waals surface area contributed by atoms with Crippen LogP contribution in [0.3, 0.4) is 0 Å². The smallest absolute Gasteiger partial charge is 0.328 e. The minimum absolute atomic E-state index is 0.109. The summed E-state index contributed by atoms with van der Waals surface area (Å²) in [7, 11) is 1.25. The van der Waals surface area contributed by atoms with Gasteiger partial charge in [0.05, 0.1) is 7.11 Å². The normalized spacial score (nSPS) is 15.6. The molecule has 1 aromatic carbocycles. The van der Waals surface area contributed by atoms with E-state index in [0.717, 1.165) is 0 Å². The molecule has 1 heterocycles. The number of hydrogen-bond donors (Lipinski definition) is 1. The van der Waals surface area contributed by atoms with Crippen LogP contribution in [0.2, 0.25) is 0 Å². The largest absolute Gasteiger partial charge is 0.467 e. The first-order valence-corrected chi connectivity index (χ1v) is 11.8. The molecule has 1 aliphatic rings. The number of ether oxygens (including phenoxy) is 1. The van der Waals surface area contributed by atoms with Crippen LogP contribution in [0.25, 0.3) is 5.69 Å². The fraction of sp³-hybridized carbons (Fsp3) is 0.417. The number of carbonyl (C=O) groups is 3. The standard InChI is InChI=1S/C24H28N2O5S/c1-24(2)13-19-16(20(27)14-24)12-17(22(29)26(19)15-8-6-5-7-9-15)21(28)25-18(10-11-32-4)23(30)31-3/h5-9,12,18H,10-11,13-14H2,1-4H3,(H,25,28)/t18-/m1/s1. The van der Waals surface area contributed by atoms with Crippen LogP contribution in [0.15, 0.2) is 41.2 Å². The minimum Gasteiger partial charge on any atom is -0.467 e. The van der Waals surface area contributed by atoms with E-state index in [-0.39, 0.29) is 16.8 Å². The summed E-state index contributed by atoms with van der Waals surface area (Å²) in [6, 6.07) is 9.47. The Morgan fingerprint density at radius 3 is 2.50 bits per heavy atom. The molecule has 1 aromatic heterocycles. The molecule has 8 heteroatoms. The molecule has 0 fully saturated rings. The Bertz CT molecular complexity index is 1090. The lowest BCUT2D eigenvalue weighted by atomic mass is 9.75. The summed E-state index contributed by atoms with van der Waals surface area (Å²) in [5.74, 6) is -0.753. The Balaban J connectivity index is 2.13. The molecule has 0 saturated heterocycles. The second-order valence-electron chi connectivity index (χ2n) is 8.67. The third kappa shape index (κ3) is 4.96. The van der Waals surface area contributed by atoms with Gasteiger partial charge in [0.15, 0.2) is 5.78 Å². The van der Waals surface area contributed by atoms with Crippen molar-refractivity contribution < 1.29 is 19.1 Å². The fourth-order valence-corrected chi connectivity index (χ4v) is 4.46. The highest BCUT2D eigenvalue weighted by atomic mass is 32.2. The average molecular weight is 457 g/mol. The minimum atomic E-state index is -0.879. The maximum Gasteiger partial charge on any atom is 0.328 e. The van der Waals surface area contributed by atoms with E-state index in [1.807, 2.05) is 26.2 Å². The molecule has 3 rings (SSSR count). The van der Waals surface area contributed by atoms with Crippen LogP contribution in [-0.2, 0) is 16.0 Å². The topological polar surface area (TPSA) is 94.5 Å². The molecular weight excluding hydrogens is 428 g/mol. The van der Waals surface area contributed by atoms with Crippen molar-refractivity contribution in [2.45, 2.75) is 39.2 Å². The second kappa shape index (κ2) is 9.73. The highest BCUT2D eigenvalue weighted by Gasteiger charge is 2.35. The molecule has 0 saturated carbocycles. The van der Waals surface area contributed by atoms with Gasteiger partial charge in [-0.3, -0.25) is 19.0 Å². The molecule has 1 amide bonds. The van der Waals surface area contributed by atoms with Gasteiger partial charge in [-0.1, -0.05) is 32.0 Å². The van der Waals surface area contributed by atoms with E-state index in [1.54, 1.807) is 24.3 Å². The van der Waals surface area contributed by atoms with Crippen LogP contribution in [-0.4, -0.2) is 47.4 Å². The number of pyridine rings is 1. The first-order valence-electron chi connectivity index (χ1n) is 10.4. The molecule has 170 valence electrons. The number of nitrogens with one attached hydrogen (secondary N) is 1. The van der Waals surface area contributed by atoms with E-state index in [9.17, 15) is 19.2 Å². The number of aromatic nitrogens is 1. The summed E-state index contributed by atoms with van der Waals surface area (Å²) in [5.41, 5.74) is 0.568. The zero-order valence-corrected chi connectivity index (χ0v) is 19.6. The van der Waals surface area contributed by atoms with E-state index in [4.69, 9.17) is 4.74 Å². The highest BCUT2D eigenvalue weighted by Crippen LogP contribution is 2.35. The Labute approximate surface area is 191 Å².